The number of hydrogen-bond donors (Lipinski definition) is 8. The first-order chi connectivity index (χ1) is 13.9. The summed E-state index contributed by atoms with van der Waals surface area (Å²) in [6, 6.07) is -2.19. The fourth-order valence-corrected chi connectivity index (χ4v) is 2.92. The summed E-state index contributed by atoms with van der Waals surface area (Å²) < 4.78 is 4.73. The number of phenols is 2. The van der Waals surface area contributed by atoms with Crippen LogP contribution in [0.3, 0.4) is 0 Å². The van der Waals surface area contributed by atoms with Gasteiger partial charge in [-0.15, -0.1) is 0 Å². The fourth-order valence-electron chi connectivity index (χ4n) is 2.92. The lowest BCUT2D eigenvalue weighted by Crippen LogP contribution is -2.65. The van der Waals surface area contributed by atoms with Gasteiger partial charge < -0.3 is 25.2 Å². The first-order valence-electron chi connectivity index (χ1n) is 7.81. The highest BCUT2D eigenvalue weighted by Crippen LogP contribution is 2.48. The molecule has 158 valence electrons. The topological polar surface area (TPSA) is 241 Å². The molecule has 30 heavy (non-hydrogen) atoms. The van der Waals surface area contributed by atoms with E-state index in [0.29, 0.717) is 6.07 Å². The van der Waals surface area contributed by atoms with Gasteiger partial charge in [-0.05, 0) is 6.07 Å². The average molecular weight is 424 g/mol. The number of ether oxygens (including phenoxy) is 1. The second kappa shape index (κ2) is 6.39. The van der Waals surface area contributed by atoms with Gasteiger partial charge in [0.15, 0.2) is 11.5 Å². The molecule has 8 amide bonds. The van der Waals surface area contributed by atoms with Crippen molar-refractivity contribution >= 4 is 35.7 Å². The number of rotatable bonds is 3. The zero-order valence-corrected chi connectivity index (χ0v) is 14.7. The first kappa shape index (κ1) is 20.5. The van der Waals surface area contributed by atoms with E-state index in [0.717, 1.165) is 7.11 Å². The quantitative estimate of drug-likeness (QED) is 0.219. The normalized spacial score (nSPS) is 20.1. The Morgan fingerprint density at radius 2 is 1.00 bits per heavy atom. The Morgan fingerprint density at radius 1 is 0.700 bits per heavy atom. The van der Waals surface area contributed by atoms with Crippen LogP contribution in [0.1, 0.15) is 11.1 Å². The third-order valence-electron chi connectivity index (χ3n) is 4.44. The molecule has 0 atom stereocenters. The van der Waals surface area contributed by atoms with E-state index in [1.54, 1.807) is 21.3 Å². The number of phenolic OH excluding ortho intramolecular Hbond substituents is 2. The lowest BCUT2D eigenvalue weighted by molar-refractivity contribution is -0.156. The zero-order valence-electron chi connectivity index (χ0n) is 14.7. The predicted octanol–water partition coefficient (Wildman–Crippen LogP) is -3.79. The fraction of sp³-hybridized carbons (Fsp3) is 0.200. The van der Waals surface area contributed by atoms with Crippen molar-refractivity contribution in [2.75, 3.05) is 7.11 Å². The van der Waals surface area contributed by atoms with Crippen LogP contribution in [-0.2, 0) is 30.4 Å². The number of aromatic hydroxyl groups is 2. The van der Waals surface area contributed by atoms with E-state index < -0.39 is 75.3 Å². The van der Waals surface area contributed by atoms with E-state index in [1.165, 1.54) is 0 Å². The summed E-state index contributed by atoms with van der Waals surface area (Å²) in [5.41, 5.74) is -8.77. The van der Waals surface area contributed by atoms with Crippen LogP contribution in [-0.4, -0.2) is 63.2 Å². The van der Waals surface area contributed by atoms with Gasteiger partial charge in [0.2, 0.25) is 5.75 Å². The van der Waals surface area contributed by atoms with E-state index in [9.17, 15) is 49.2 Å². The Kier molecular flexibility index (Phi) is 4.37. The third kappa shape index (κ3) is 2.53. The molecule has 0 aromatic heterocycles. The molecule has 0 aliphatic carbocycles. The van der Waals surface area contributed by atoms with Crippen molar-refractivity contribution in [3.05, 3.63) is 17.2 Å². The predicted molar refractivity (Wildman–Crippen MR) is 87.5 cm³/mol. The molecule has 2 heterocycles. The minimum absolute atomic E-state index is 0.386. The summed E-state index contributed by atoms with van der Waals surface area (Å²) in [7, 11) is 0.880. The zero-order chi connectivity index (χ0) is 22.6. The van der Waals surface area contributed by atoms with Crippen molar-refractivity contribution in [1.29, 1.82) is 0 Å². The van der Waals surface area contributed by atoms with Crippen LogP contribution >= 0.6 is 0 Å². The summed E-state index contributed by atoms with van der Waals surface area (Å²) in [6.07, 6.45) is 0. The van der Waals surface area contributed by atoms with Crippen LogP contribution in [0, 0.1) is 0 Å². The number of aliphatic hydroxyl groups is 2. The van der Waals surface area contributed by atoms with Gasteiger partial charge >= 0.3 is 12.1 Å². The number of nitrogens with one attached hydrogen (secondary N) is 4. The van der Waals surface area contributed by atoms with Crippen LogP contribution in [0.2, 0.25) is 0 Å². The van der Waals surface area contributed by atoms with Crippen LogP contribution in [0.5, 0.6) is 17.2 Å². The number of benzene rings is 1. The van der Waals surface area contributed by atoms with Gasteiger partial charge in [0.25, 0.3) is 34.8 Å². The largest absolute Gasteiger partial charge is 0.504 e. The van der Waals surface area contributed by atoms with Crippen LogP contribution in [0.15, 0.2) is 6.07 Å². The van der Waals surface area contributed by atoms with Gasteiger partial charge in [0, 0.05) is 11.1 Å². The maximum atomic E-state index is 12.2. The Morgan fingerprint density at radius 3 is 1.27 bits per heavy atom. The van der Waals surface area contributed by atoms with E-state index in [-0.39, 0.29) is 0 Å². The van der Waals surface area contributed by atoms with E-state index in [4.69, 9.17) is 4.74 Å². The first-order valence-corrected chi connectivity index (χ1v) is 7.81. The van der Waals surface area contributed by atoms with Crippen molar-refractivity contribution in [3.8, 4) is 17.2 Å². The SMILES string of the molecule is COc1c(O)c(C2(O)C(=O)NC(=O)NC2=O)cc(C2(O)C(=O)NC(=O)NC2=O)c1O. The number of amides is 8. The smallest absolute Gasteiger partial charge is 0.328 e. The number of barbiturate groups is 2. The van der Waals surface area contributed by atoms with Gasteiger partial charge in [0.1, 0.15) is 0 Å². The molecule has 0 bridgehead atoms. The molecular weight excluding hydrogens is 412 g/mol. The van der Waals surface area contributed by atoms with Crippen molar-refractivity contribution in [1.82, 2.24) is 21.3 Å². The van der Waals surface area contributed by atoms with Crippen LogP contribution in [0.25, 0.3) is 0 Å². The highest BCUT2D eigenvalue weighted by molar-refractivity contribution is 6.23. The van der Waals surface area contributed by atoms with E-state index in [2.05, 4.69) is 0 Å². The van der Waals surface area contributed by atoms with E-state index in [1.807, 2.05) is 0 Å². The van der Waals surface area contributed by atoms with Gasteiger partial charge in [-0.3, -0.25) is 40.4 Å². The average Bonchev–Trinajstić information content (AvgIpc) is 2.64. The number of carbonyl (C=O) groups is 6. The summed E-state index contributed by atoms with van der Waals surface area (Å²) in [4.78, 5) is 71.3. The summed E-state index contributed by atoms with van der Waals surface area (Å²) >= 11 is 0. The van der Waals surface area contributed by atoms with Gasteiger partial charge in [-0.25, -0.2) is 9.59 Å². The van der Waals surface area contributed by atoms with E-state index >= 15 is 0 Å². The van der Waals surface area contributed by atoms with Gasteiger partial charge in [-0.1, -0.05) is 0 Å². The minimum atomic E-state index is -3.32. The minimum Gasteiger partial charge on any atom is -0.504 e. The number of urea groups is 2. The molecule has 3 rings (SSSR count). The van der Waals surface area contributed by atoms with Crippen molar-refractivity contribution in [2.24, 2.45) is 0 Å². The van der Waals surface area contributed by atoms with Crippen molar-refractivity contribution < 1.29 is 53.9 Å². The maximum absolute atomic E-state index is 12.2. The van der Waals surface area contributed by atoms with Gasteiger partial charge in [-0.2, -0.15) is 0 Å². The molecule has 0 radical (unpaired) electrons. The second-order valence-corrected chi connectivity index (χ2v) is 6.10. The molecule has 2 fully saturated rings. The summed E-state index contributed by atoms with van der Waals surface area (Å²) in [5, 5.41) is 48.3. The summed E-state index contributed by atoms with van der Waals surface area (Å²) in [6.45, 7) is 0. The maximum Gasteiger partial charge on any atom is 0.328 e. The van der Waals surface area contributed by atoms with Crippen LogP contribution < -0.4 is 26.0 Å². The van der Waals surface area contributed by atoms with Gasteiger partial charge in [0.05, 0.1) is 7.11 Å². The number of imide groups is 4. The van der Waals surface area contributed by atoms with Crippen LogP contribution in [0.4, 0.5) is 9.59 Å². The number of methoxy groups -OCH3 is 1. The molecule has 2 saturated heterocycles. The molecule has 0 spiro atoms. The molecule has 0 unspecified atom stereocenters. The molecule has 1 aromatic carbocycles. The standard InChI is InChI=1S/C15H12N4O11/c1-30-7-5(20)3(14(28)8(22)16-12(26)17-9(14)23)2-4(6(7)21)15(29)10(24)18-13(27)19-11(15)25/h2,20-21,28-29H,1H3,(H2,16,17,22,23,26)(H2,18,19,24,25,27). The molecule has 15 nitrogen and oxygen atoms in total. The highest BCUT2D eigenvalue weighted by atomic mass is 16.5. The molecular formula is C15H12N4O11. The van der Waals surface area contributed by atoms with Crippen molar-refractivity contribution in [3.63, 3.8) is 0 Å². The number of carbonyl (C=O) groups excluding carboxylic acids is 6. The third-order valence-corrected chi connectivity index (χ3v) is 4.44. The lowest BCUT2D eigenvalue weighted by atomic mass is 9.82. The molecule has 0 saturated carbocycles. The Bertz CT molecular complexity index is 945. The monoisotopic (exact) mass is 424 g/mol. The summed E-state index contributed by atoms with van der Waals surface area (Å²) in [5.74, 6) is -9.89. The van der Waals surface area contributed by atoms with Crippen molar-refractivity contribution in [2.45, 2.75) is 11.2 Å². The molecule has 1 aromatic rings. The molecule has 15 heteroatoms. The Balaban J connectivity index is 2.33. The highest BCUT2D eigenvalue weighted by Gasteiger charge is 2.57. The molecule has 2 aliphatic heterocycles. The molecule has 2 aliphatic rings. The lowest BCUT2D eigenvalue weighted by Gasteiger charge is -2.33. The Hall–Kier alpha value is -4.24. The second-order valence-electron chi connectivity index (χ2n) is 6.10. The number of hydrogen-bond acceptors (Lipinski definition) is 11. The molecule has 8 N–H and O–H groups in total. The Labute approximate surface area is 164 Å².